The number of H-pyrrole nitrogens is 1. The summed E-state index contributed by atoms with van der Waals surface area (Å²) < 4.78 is 13.2. The van der Waals surface area contributed by atoms with Gasteiger partial charge in [0.1, 0.15) is 11.5 Å². The van der Waals surface area contributed by atoms with E-state index in [1.54, 1.807) is 12.3 Å². The molecule has 1 aromatic carbocycles. The van der Waals surface area contributed by atoms with Gasteiger partial charge in [0.25, 0.3) is 0 Å². The number of aromatic nitrogens is 3. The minimum Gasteiger partial charge on any atom is -0.308 e. The molecule has 0 fully saturated rings. The number of hydrogen-bond acceptors (Lipinski definition) is 3. The number of halogens is 1. The van der Waals surface area contributed by atoms with Crippen molar-refractivity contribution in [1.82, 2.24) is 20.7 Å². The zero-order chi connectivity index (χ0) is 11.5. The summed E-state index contributed by atoms with van der Waals surface area (Å²) in [6, 6.07) is 4.59. The van der Waals surface area contributed by atoms with Gasteiger partial charge in [0, 0.05) is 0 Å². The molecule has 1 aromatic heterocycles. The maximum Gasteiger partial charge on any atom is 0.123 e. The summed E-state index contributed by atoms with van der Waals surface area (Å²) >= 11 is 0. The molecule has 2 rings (SSSR count). The SMILES string of the molecule is CNC(c1cn[nH]n1)c1cc(F)ccc1C. The molecule has 0 aliphatic rings. The highest BCUT2D eigenvalue weighted by Gasteiger charge is 2.17. The second kappa shape index (κ2) is 4.40. The first-order valence-corrected chi connectivity index (χ1v) is 5.01. The number of benzene rings is 1. The van der Waals surface area contributed by atoms with Crippen molar-refractivity contribution >= 4 is 0 Å². The van der Waals surface area contributed by atoms with E-state index in [1.807, 2.05) is 14.0 Å². The molecule has 0 saturated carbocycles. The predicted molar refractivity (Wildman–Crippen MR) is 58.4 cm³/mol. The lowest BCUT2D eigenvalue weighted by atomic mass is 9.99. The van der Waals surface area contributed by atoms with Crippen LogP contribution < -0.4 is 5.32 Å². The summed E-state index contributed by atoms with van der Waals surface area (Å²) in [6.45, 7) is 1.94. The Morgan fingerprint density at radius 1 is 1.44 bits per heavy atom. The molecule has 1 heterocycles. The molecule has 84 valence electrons. The molecule has 1 unspecified atom stereocenters. The monoisotopic (exact) mass is 220 g/mol. The van der Waals surface area contributed by atoms with E-state index >= 15 is 0 Å². The van der Waals surface area contributed by atoms with Crippen LogP contribution >= 0.6 is 0 Å². The van der Waals surface area contributed by atoms with Gasteiger partial charge in [-0.2, -0.15) is 15.4 Å². The molecule has 5 heteroatoms. The zero-order valence-corrected chi connectivity index (χ0v) is 9.16. The Bertz CT molecular complexity index is 467. The Kier molecular flexibility index (Phi) is 2.96. The van der Waals surface area contributed by atoms with Crippen LogP contribution in [0.25, 0.3) is 0 Å². The van der Waals surface area contributed by atoms with Gasteiger partial charge in [0.2, 0.25) is 0 Å². The normalized spacial score (nSPS) is 12.7. The van der Waals surface area contributed by atoms with E-state index in [0.29, 0.717) is 0 Å². The highest BCUT2D eigenvalue weighted by Crippen LogP contribution is 2.23. The van der Waals surface area contributed by atoms with Gasteiger partial charge in [-0.25, -0.2) is 4.39 Å². The van der Waals surface area contributed by atoms with Crippen LogP contribution in [-0.4, -0.2) is 22.5 Å². The van der Waals surface area contributed by atoms with Crippen LogP contribution in [0.4, 0.5) is 4.39 Å². The van der Waals surface area contributed by atoms with Crippen LogP contribution in [0.2, 0.25) is 0 Å². The molecule has 0 bridgehead atoms. The third-order valence-electron chi connectivity index (χ3n) is 2.57. The number of rotatable bonds is 3. The highest BCUT2D eigenvalue weighted by atomic mass is 19.1. The molecule has 0 aliphatic carbocycles. The van der Waals surface area contributed by atoms with Crippen molar-refractivity contribution in [1.29, 1.82) is 0 Å². The van der Waals surface area contributed by atoms with E-state index in [4.69, 9.17) is 0 Å². The number of aryl methyl sites for hydroxylation is 1. The summed E-state index contributed by atoms with van der Waals surface area (Å²) in [5.74, 6) is -0.246. The van der Waals surface area contributed by atoms with Gasteiger partial charge in [-0.3, -0.25) is 0 Å². The molecule has 0 aliphatic heterocycles. The maximum absolute atomic E-state index is 13.2. The van der Waals surface area contributed by atoms with E-state index in [1.165, 1.54) is 12.1 Å². The predicted octanol–water partition coefficient (Wildman–Crippen LogP) is 1.56. The van der Waals surface area contributed by atoms with Crippen molar-refractivity contribution in [3.63, 3.8) is 0 Å². The maximum atomic E-state index is 13.2. The third kappa shape index (κ3) is 1.94. The Morgan fingerprint density at radius 3 is 2.88 bits per heavy atom. The lowest BCUT2D eigenvalue weighted by molar-refractivity contribution is 0.611. The van der Waals surface area contributed by atoms with E-state index in [2.05, 4.69) is 20.7 Å². The summed E-state index contributed by atoms with van der Waals surface area (Å²) in [7, 11) is 1.81. The molecule has 0 radical (unpaired) electrons. The van der Waals surface area contributed by atoms with Gasteiger partial charge < -0.3 is 5.32 Å². The van der Waals surface area contributed by atoms with Gasteiger partial charge in [0.15, 0.2) is 0 Å². The second-order valence-corrected chi connectivity index (χ2v) is 3.62. The molecule has 2 N–H and O–H groups in total. The topological polar surface area (TPSA) is 53.6 Å². The second-order valence-electron chi connectivity index (χ2n) is 3.62. The Balaban J connectivity index is 2.44. The first kappa shape index (κ1) is 10.8. The van der Waals surface area contributed by atoms with Crippen molar-refractivity contribution in [2.75, 3.05) is 7.05 Å². The smallest absolute Gasteiger partial charge is 0.123 e. The fourth-order valence-corrected chi connectivity index (χ4v) is 1.73. The zero-order valence-electron chi connectivity index (χ0n) is 9.16. The summed E-state index contributed by atoms with van der Waals surface area (Å²) in [5.41, 5.74) is 2.64. The van der Waals surface area contributed by atoms with Crippen LogP contribution in [0.5, 0.6) is 0 Å². The molecule has 2 aromatic rings. The highest BCUT2D eigenvalue weighted by molar-refractivity contribution is 5.33. The van der Waals surface area contributed by atoms with Gasteiger partial charge in [-0.15, -0.1) is 0 Å². The van der Waals surface area contributed by atoms with E-state index < -0.39 is 0 Å². The van der Waals surface area contributed by atoms with Gasteiger partial charge >= 0.3 is 0 Å². The first-order chi connectivity index (χ1) is 7.72. The Labute approximate surface area is 92.9 Å². The summed E-state index contributed by atoms with van der Waals surface area (Å²) in [4.78, 5) is 0. The van der Waals surface area contributed by atoms with Crippen molar-refractivity contribution in [2.45, 2.75) is 13.0 Å². The minimum absolute atomic E-state index is 0.144. The number of aromatic amines is 1. The lowest BCUT2D eigenvalue weighted by Gasteiger charge is -2.16. The van der Waals surface area contributed by atoms with Crippen LogP contribution in [0, 0.1) is 12.7 Å². The van der Waals surface area contributed by atoms with Crippen molar-refractivity contribution in [2.24, 2.45) is 0 Å². The van der Waals surface area contributed by atoms with E-state index in [-0.39, 0.29) is 11.9 Å². The standard InChI is InChI=1S/C11H13FN4/c1-7-3-4-8(12)5-9(7)11(13-2)10-6-14-16-15-10/h3-6,11,13H,1-2H3,(H,14,15,16). The van der Waals surface area contributed by atoms with Crippen molar-refractivity contribution in [3.8, 4) is 0 Å². The van der Waals surface area contributed by atoms with Crippen LogP contribution in [0.3, 0.4) is 0 Å². The Hall–Kier alpha value is -1.75. The van der Waals surface area contributed by atoms with E-state index in [0.717, 1.165) is 16.8 Å². The van der Waals surface area contributed by atoms with Gasteiger partial charge in [-0.1, -0.05) is 6.07 Å². The van der Waals surface area contributed by atoms with Crippen LogP contribution in [-0.2, 0) is 0 Å². The molecule has 16 heavy (non-hydrogen) atoms. The average molecular weight is 220 g/mol. The number of nitrogens with one attached hydrogen (secondary N) is 2. The number of nitrogens with zero attached hydrogens (tertiary/aromatic N) is 2. The first-order valence-electron chi connectivity index (χ1n) is 5.01. The van der Waals surface area contributed by atoms with Crippen molar-refractivity contribution < 1.29 is 4.39 Å². The van der Waals surface area contributed by atoms with Gasteiger partial charge in [-0.05, 0) is 37.2 Å². The molecule has 0 spiro atoms. The molecule has 0 amide bonds. The lowest BCUT2D eigenvalue weighted by Crippen LogP contribution is -2.19. The summed E-state index contributed by atoms with van der Waals surface area (Å²) in [6.07, 6.45) is 1.63. The third-order valence-corrected chi connectivity index (χ3v) is 2.57. The van der Waals surface area contributed by atoms with Crippen LogP contribution in [0.15, 0.2) is 24.4 Å². The van der Waals surface area contributed by atoms with Crippen LogP contribution in [0.1, 0.15) is 22.9 Å². The quantitative estimate of drug-likeness (QED) is 0.825. The average Bonchev–Trinajstić information content (AvgIpc) is 2.78. The molecule has 4 nitrogen and oxygen atoms in total. The molecular weight excluding hydrogens is 207 g/mol. The number of hydrogen-bond donors (Lipinski definition) is 2. The minimum atomic E-state index is -0.246. The van der Waals surface area contributed by atoms with Crippen molar-refractivity contribution in [3.05, 3.63) is 47.0 Å². The molecule has 0 saturated heterocycles. The van der Waals surface area contributed by atoms with E-state index in [9.17, 15) is 4.39 Å². The fourth-order valence-electron chi connectivity index (χ4n) is 1.73. The Morgan fingerprint density at radius 2 is 2.25 bits per heavy atom. The largest absolute Gasteiger partial charge is 0.308 e. The molecular formula is C11H13FN4. The molecule has 1 atom stereocenters. The summed E-state index contributed by atoms with van der Waals surface area (Å²) in [5, 5.41) is 13.4. The van der Waals surface area contributed by atoms with Gasteiger partial charge in [0.05, 0.1) is 12.2 Å². The fraction of sp³-hybridized carbons (Fsp3) is 0.273.